The standard InChI is InChI=1S/3C19H20N4O3.C18H17BrN4O3.C18H17IN4O3/c3*1-13-5-6-17-15(11-14-3-2-4-16(20-14)19(24)25)18(21-23(17)12-13)22-7-9-26-10-8-22;2*19-12-4-5-16-14(10-13-2-1-3-15(20-13)18(24)25)17(21-23(16)11-12)22-6-8-26-9-7-22/h3*2-6,12H,7-11H2,1H3,(H,24,25);2*1-5,11H,6-10H2,(H,24,25). The minimum Gasteiger partial charge on any atom is -0.477 e. The Morgan fingerprint density at radius 3 is 0.731 bits per heavy atom. The zero-order valence-corrected chi connectivity index (χ0v) is 75.3. The van der Waals surface area contributed by atoms with Gasteiger partial charge in [-0.2, -0.15) is 0 Å². The molecule has 35 nitrogen and oxygen atoms in total. The van der Waals surface area contributed by atoms with E-state index < -0.39 is 29.8 Å². The van der Waals surface area contributed by atoms with Gasteiger partial charge in [-0.3, -0.25) is 0 Å². The molecule has 130 heavy (non-hydrogen) atoms. The molecule has 5 fully saturated rings. The Morgan fingerprint density at radius 2 is 0.500 bits per heavy atom. The van der Waals surface area contributed by atoms with Crippen molar-refractivity contribution in [3.05, 3.63) is 292 Å². The SMILES string of the molecule is Cc1ccc2c(Cc3cccc(C(=O)O)n3)c(N3CCOCC3)nn2c1.Cc1ccc2c(Cc3cccc(C(=O)O)n3)c(N3CCOCC3)nn2c1.Cc1ccc2c(Cc3cccc(C(=O)O)n3)c(N3CCOCC3)nn2c1.O=C(O)c1cccc(Cc2c(N3CCOCC3)nn3cc(Br)ccc23)n1.O=C(O)c1cccc(Cc2c(N3CCOCC3)nn3cc(I)ccc23)n1. The Kier molecular flexibility index (Phi) is 28.6. The van der Waals surface area contributed by atoms with E-state index in [-0.39, 0.29) is 28.5 Å². The number of morpholine rings is 5. The second-order valence-corrected chi connectivity index (χ2v) is 33.6. The molecule has 37 heteroatoms. The molecule has 5 saturated heterocycles. The quantitative estimate of drug-likeness (QED) is 0.0442. The number of hydrogen-bond donors (Lipinski definition) is 5. The molecule has 15 aromatic heterocycles. The minimum absolute atomic E-state index is 0.0506. The van der Waals surface area contributed by atoms with Crippen LogP contribution in [0.2, 0.25) is 0 Å². The van der Waals surface area contributed by atoms with Crippen LogP contribution >= 0.6 is 38.5 Å². The van der Waals surface area contributed by atoms with Crippen molar-refractivity contribution in [2.45, 2.75) is 52.9 Å². The number of aryl methyl sites for hydroxylation is 3. The van der Waals surface area contributed by atoms with Crippen LogP contribution in [0.1, 0.15) is 125 Å². The molecule has 0 unspecified atom stereocenters. The molecule has 5 aliphatic heterocycles. The van der Waals surface area contributed by atoms with Crippen LogP contribution in [0.5, 0.6) is 0 Å². The molecular formula is C93H94BrIN20O15. The van der Waals surface area contributed by atoms with E-state index in [0.717, 1.165) is 192 Å². The maximum absolute atomic E-state index is 11.2. The molecule has 0 amide bonds. The average Bonchev–Trinajstić information content (AvgIpc) is 1.65. The molecule has 20 heterocycles. The van der Waals surface area contributed by atoms with Crippen LogP contribution in [0.4, 0.5) is 29.1 Å². The van der Waals surface area contributed by atoms with E-state index in [2.05, 4.69) is 130 Å². The fraction of sp³-hybridized carbons (Fsp3) is 0.301. The monoisotopic (exact) mass is 1940 g/mol. The van der Waals surface area contributed by atoms with Crippen molar-refractivity contribution in [3.8, 4) is 0 Å². The summed E-state index contributed by atoms with van der Waals surface area (Å²) in [4.78, 5) is 88.6. The maximum atomic E-state index is 11.2. The number of fused-ring (bicyclic) bond motifs is 5. The number of carbonyl (C=O) groups is 5. The van der Waals surface area contributed by atoms with Crippen molar-refractivity contribution in [2.75, 3.05) is 156 Å². The minimum atomic E-state index is -1.02. The Bertz CT molecular complexity index is 5730. The molecule has 0 aromatic carbocycles. The lowest BCUT2D eigenvalue weighted by molar-refractivity contribution is 0.0679. The van der Waals surface area contributed by atoms with Crippen molar-refractivity contribution >= 4 is 125 Å². The summed E-state index contributed by atoms with van der Waals surface area (Å²) in [5.74, 6) is -0.531. The van der Waals surface area contributed by atoms with Crippen molar-refractivity contribution in [3.63, 3.8) is 0 Å². The number of ether oxygens (including phenoxy) is 5. The second kappa shape index (κ2) is 41.3. The Morgan fingerprint density at radius 1 is 0.292 bits per heavy atom. The van der Waals surface area contributed by atoms with Gasteiger partial charge in [0.15, 0.2) is 29.1 Å². The largest absolute Gasteiger partial charge is 0.477 e. The van der Waals surface area contributed by atoms with Gasteiger partial charge < -0.3 is 73.7 Å². The van der Waals surface area contributed by atoms with Gasteiger partial charge in [0.05, 0.1) is 93.7 Å². The number of carboxylic acids is 5. The first-order chi connectivity index (χ1) is 63.1. The summed E-state index contributed by atoms with van der Waals surface area (Å²) in [5, 5.41) is 69.9. The molecular weight excluding hydrogens is 1840 g/mol. The predicted molar refractivity (Wildman–Crippen MR) is 496 cm³/mol. The summed E-state index contributed by atoms with van der Waals surface area (Å²) < 4.78 is 38.8. The fourth-order valence-corrected chi connectivity index (χ4v) is 16.9. The van der Waals surface area contributed by atoms with Gasteiger partial charge in [-0.05, 0) is 179 Å². The van der Waals surface area contributed by atoms with Gasteiger partial charge in [0.25, 0.3) is 0 Å². The first-order valence-electron chi connectivity index (χ1n) is 42.4. The summed E-state index contributed by atoms with van der Waals surface area (Å²) >= 11 is 5.75. The smallest absolute Gasteiger partial charge is 0.354 e. The lowest BCUT2D eigenvalue weighted by Gasteiger charge is -2.27. The molecule has 670 valence electrons. The van der Waals surface area contributed by atoms with Gasteiger partial charge in [-0.25, -0.2) is 71.5 Å². The van der Waals surface area contributed by atoms with Crippen LogP contribution in [0, 0.1) is 24.3 Å². The van der Waals surface area contributed by atoms with Gasteiger partial charge in [-0.15, -0.1) is 25.5 Å². The van der Waals surface area contributed by atoms with E-state index in [1.807, 2.05) is 123 Å². The van der Waals surface area contributed by atoms with E-state index in [9.17, 15) is 49.5 Å². The third kappa shape index (κ3) is 21.6. The number of anilines is 5. The molecule has 5 N–H and O–H groups in total. The van der Waals surface area contributed by atoms with Gasteiger partial charge >= 0.3 is 29.8 Å². The molecule has 5 aliphatic rings. The molecule has 0 atom stereocenters. The highest BCUT2D eigenvalue weighted by Gasteiger charge is 2.29. The third-order valence-electron chi connectivity index (χ3n) is 22.4. The lowest BCUT2D eigenvalue weighted by Crippen LogP contribution is -2.37. The van der Waals surface area contributed by atoms with Crippen LogP contribution in [-0.2, 0) is 55.8 Å². The Balaban J connectivity index is 0.000000119. The average molecular weight is 1940 g/mol. The van der Waals surface area contributed by atoms with Gasteiger partial charge in [0.1, 0.15) is 28.5 Å². The molecule has 0 spiro atoms. The zero-order chi connectivity index (χ0) is 90.5. The van der Waals surface area contributed by atoms with E-state index in [4.69, 9.17) is 49.2 Å². The molecule has 0 saturated carbocycles. The van der Waals surface area contributed by atoms with Crippen molar-refractivity contribution in [2.24, 2.45) is 0 Å². The van der Waals surface area contributed by atoms with Gasteiger partial charge in [-0.1, -0.05) is 48.5 Å². The summed E-state index contributed by atoms with van der Waals surface area (Å²) in [6.45, 7) is 20.8. The molecule has 0 radical (unpaired) electrons. The fourth-order valence-electron chi connectivity index (χ4n) is 16.1. The Labute approximate surface area is 767 Å². The number of pyridine rings is 10. The van der Waals surface area contributed by atoms with E-state index >= 15 is 0 Å². The molecule has 15 aromatic rings. The summed E-state index contributed by atoms with van der Waals surface area (Å²) in [7, 11) is 0. The van der Waals surface area contributed by atoms with Crippen molar-refractivity contribution in [1.29, 1.82) is 0 Å². The summed E-state index contributed by atoms with van der Waals surface area (Å²) in [6.07, 6.45) is 12.5. The number of rotatable bonds is 20. The first kappa shape index (κ1) is 89.9. The first-order valence-corrected chi connectivity index (χ1v) is 44.3. The number of halogens is 2. The molecule has 20 rings (SSSR count). The second-order valence-electron chi connectivity index (χ2n) is 31.5. The van der Waals surface area contributed by atoms with Gasteiger partial charge in [0, 0.05) is 193 Å². The zero-order valence-electron chi connectivity index (χ0n) is 71.5. The molecule has 0 aliphatic carbocycles. The summed E-state index contributed by atoms with van der Waals surface area (Å²) in [5.41, 5.74) is 17.5. The van der Waals surface area contributed by atoms with Crippen LogP contribution in [0.3, 0.4) is 0 Å². The van der Waals surface area contributed by atoms with Crippen LogP contribution in [0.15, 0.2) is 187 Å². The third-order valence-corrected chi connectivity index (χ3v) is 23.5. The number of aromatic nitrogens is 15. The number of carboxylic acid groups (broad SMARTS) is 5. The van der Waals surface area contributed by atoms with E-state index in [1.54, 1.807) is 30.3 Å². The van der Waals surface area contributed by atoms with Crippen molar-refractivity contribution < 1.29 is 73.2 Å². The van der Waals surface area contributed by atoms with Crippen LogP contribution in [0.25, 0.3) is 27.6 Å². The highest BCUT2D eigenvalue weighted by atomic mass is 127. The molecule has 0 bridgehead atoms. The Hall–Kier alpha value is -13.4. The van der Waals surface area contributed by atoms with E-state index in [0.29, 0.717) is 110 Å². The van der Waals surface area contributed by atoms with Crippen LogP contribution < -0.4 is 24.5 Å². The number of aromatic carboxylic acids is 5. The van der Waals surface area contributed by atoms with Crippen LogP contribution in [-0.4, -0.2) is 260 Å². The normalized spacial score (nSPS) is 14.7. The van der Waals surface area contributed by atoms with E-state index in [1.165, 1.54) is 30.3 Å². The highest BCUT2D eigenvalue weighted by Crippen LogP contribution is 2.35. The summed E-state index contributed by atoms with van der Waals surface area (Å²) in [6, 6.07) is 45.9. The highest BCUT2D eigenvalue weighted by molar-refractivity contribution is 14.1. The number of nitrogens with zero attached hydrogens (tertiary/aromatic N) is 20. The predicted octanol–water partition coefficient (Wildman–Crippen LogP) is 11.6. The number of hydrogen-bond acceptors (Lipinski definition) is 25. The van der Waals surface area contributed by atoms with Gasteiger partial charge in [0.2, 0.25) is 0 Å². The lowest BCUT2D eigenvalue weighted by atomic mass is 10.1. The topological polar surface area (TPSA) is 400 Å². The van der Waals surface area contributed by atoms with Crippen molar-refractivity contribution in [1.82, 2.24) is 73.0 Å². The maximum Gasteiger partial charge on any atom is 0.354 e.